The summed E-state index contributed by atoms with van der Waals surface area (Å²) in [6, 6.07) is -0.854. The Morgan fingerprint density at radius 2 is 0.831 bits per heavy atom. The number of hydrogen-bond donors (Lipinski definition) is 2. The zero-order valence-electron chi connectivity index (χ0n) is 51.5. The first-order valence-electron chi connectivity index (χ1n) is 32.6. The van der Waals surface area contributed by atoms with Gasteiger partial charge in [-0.05, 0) is 89.5 Å². The molecule has 0 bridgehead atoms. The molecule has 1 amide bonds. The summed E-state index contributed by atoms with van der Waals surface area (Å²) in [6.07, 6.45) is 72.1. The first-order chi connectivity index (χ1) is 37.4. The monoisotopic (exact) mass is 1100 g/mol. The average Bonchev–Trinajstić information content (AvgIpc) is 3.39. The molecule has 0 aromatic rings. The summed E-state index contributed by atoms with van der Waals surface area (Å²) in [5, 5.41) is 3.06. The van der Waals surface area contributed by atoms with Crippen LogP contribution in [0.3, 0.4) is 0 Å². The van der Waals surface area contributed by atoms with E-state index in [1.54, 1.807) is 0 Å². The van der Waals surface area contributed by atoms with Crippen LogP contribution in [0.2, 0.25) is 0 Å². The zero-order valence-corrected chi connectivity index (χ0v) is 52.3. The highest BCUT2D eigenvalue weighted by Crippen LogP contribution is 2.43. The lowest BCUT2D eigenvalue weighted by Gasteiger charge is -2.27. The number of amides is 1. The van der Waals surface area contributed by atoms with Gasteiger partial charge < -0.3 is 19.4 Å². The van der Waals surface area contributed by atoms with Gasteiger partial charge in [-0.2, -0.15) is 0 Å². The Hall–Kier alpha value is -2.29. The van der Waals surface area contributed by atoms with Crippen LogP contribution in [0.25, 0.3) is 0 Å². The fraction of sp³-hybridized carbons (Fsp3) is 0.821. The van der Waals surface area contributed by atoms with Crippen molar-refractivity contribution in [2.45, 2.75) is 315 Å². The highest BCUT2D eigenvalue weighted by Gasteiger charge is 2.30. The number of rotatable bonds is 59. The standard InChI is InChI=1S/C67H125N2O7P/c1-7-10-13-16-19-22-25-28-30-31-32-33-34-35-36-37-39-41-44-47-50-53-56-59-66(70)68-64(63-75-77(72,73)74-62-61-69(4,5)6)65(58-55-52-49-46-43-40-27-24-21-18-15-12-9-3)76-67(71)60-57-54-51-48-45-42-38-29-26-23-20-17-14-11-8-2/h19-20,22-23,26,28-30,55,58,64-65H,7-18,21,24-25,27,31-54,56-57,59-63H2,1-6H3,(H-,68,70,72,73)/p+1/b22-19-,23-20+,29-26+,30-28-,58-55-. The van der Waals surface area contributed by atoms with Crippen LogP contribution in [0, 0.1) is 0 Å². The molecular weight excluding hydrogens is 976 g/mol. The quantitative estimate of drug-likeness (QED) is 0.0156. The molecule has 0 aliphatic rings. The van der Waals surface area contributed by atoms with Crippen molar-refractivity contribution in [2.75, 3.05) is 40.9 Å². The second kappa shape index (κ2) is 57.0. The van der Waals surface area contributed by atoms with Crippen molar-refractivity contribution in [3.8, 4) is 0 Å². The molecule has 0 saturated heterocycles. The van der Waals surface area contributed by atoms with Crippen LogP contribution >= 0.6 is 7.82 Å². The minimum atomic E-state index is -4.45. The molecule has 0 spiro atoms. The molecule has 0 saturated carbocycles. The van der Waals surface area contributed by atoms with Gasteiger partial charge in [0.15, 0.2) is 0 Å². The van der Waals surface area contributed by atoms with Gasteiger partial charge in [0.05, 0.1) is 33.8 Å². The lowest BCUT2D eigenvalue weighted by Crippen LogP contribution is -2.47. The molecule has 0 aromatic heterocycles. The highest BCUT2D eigenvalue weighted by atomic mass is 31.2. The molecule has 10 heteroatoms. The van der Waals surface area contributed by atoms with Crippen LogP contribution < -0.4 is 5.32 Å². The number of phosphoric acid groups is 1. The molecular formula is C67H126N2O7P+. The van der Waals surface area contributed by atoms with Gasteiger partial charge in [0, 0.05) is 12.8 Å². The third-order valence-electron chi connectivity index (χ3n) is 14.5. The minimum absolute atomic E-state index is 0.0377. The second-order valence-electron chi connectivity index (χ2n) is 23.3. The van der Waals surface area contributed by atoms with Crippen LogP contribution in [-0.2, 0) is 27.9 Å². The molecule has 0 aliphatic carbocycles. The Labute approximate surface area is 477 Å². The molecule has 0 aliphatic heterocycles. The maximum Gasteiger partial charge on any atom is 0.472 e. The van der Waals surface area contributed by atoms with E-state index in [-0.39, 0.29) is 31.5 Å². The van der Waals surface area contributed by atoms with E-state index in [1.807, 2.05) is 33.3 Å². The zero-order chi connectivity index (χ0) is 56.4. The predicted octanol–water partition coefficient (Wildman–Crippen LogP) is 20.2. The van der Waals surface area contributed by atoms with Crippen LogP contribution in [0.15, 0.2) is 60.8 Å². The summed E-state index contributed by atoms with van der Waals surface area (Å²) in [6.45, 7) is 6.98. The lowest BCUT2D eigenvalue weighted by molar-refractivity contribution is -0.870. The van der Waals surface area contributed by atoms with E-state index in [2.05, 4.69) is 74.7 Å². The van der Waals surface area contributed by atoms with Gasteiger partial charge in [-0.15, -0.1) is 0 Å². The molecule has 0 rings (SSSR count). The number of likely N-dealkylation sites (N-methyl/N-ethyl adjacent to an activating group) is 1. The van der Waals surface area contributed by atoms with Gasteiger partial charge in [0.25, 0.3) is 0 Å². The smallest absolute Gasteiger partial charge is 0.456 e. The van der Waals surface area contributed by atoms with Crippen molar-refractivity contribution in [3.63, 3.8) is 0 Å². The molecule has 9 nitrogen and oxygen atoms in total. The number of phosphoric ester groups is 1. The Kier molecular flexibility index (Phi) is 55.3. The summed E-state index contributed by atoms with van der Waals surface area (Å²) in [5.41, 5.74) is 0. The number of allylic oxidation sites excluding steroid dienone is 9. The Morgan fingerprint density at radius 3 is 1.27 bits per heavy atom. The SMILES string of the molecule is CCCCC/C=C\C/C=C\CCCCCCCCCCCCCCCC(=O)NC(COP(=O)(O)OCC[N+](C)(C)C)C(/C=C\CCCCCCCCCCCCC)OC(=O)CCCCCCCC/C=C/C=C/CCCCC. The topological polar surface area (TPSA) is 111 Å². The van der Waals surface area contributed by atoms with Gasteiger partial charge in [-0.1, -0.05) is 262 Å². The molecule has 3 unspecified atom stereocenters. The van der Waals surface area contributed by atoms with E-state index in [0.717, 1.165) is 83.5 Å². The van der Waals surface area contributed by atoms with Gasteiger partial charge in [0.2, 0.25) is 5.91 Å². The highest BCUT2D eigenvalue weighted by molar-refractivity contribution is 7.47. The van der Waals surface area contributed by atoms with Crippen LogP contribution in [0.4, 0.5) is 0 Å². The summed E-state index contributed by atoms with van der Waals surface area (Å²) in [4.78, 5) is 37.8. The number of esters is 1. The minimum Gasteiger partial charge on any atom is -0.456 e. The summed E-state index contributed by atoms with van der Waals surface area (Å²) >= 11 is 0. The Bertz CT molecular complexity index is 1500. The molecule has 450 valence electrons. The molecule has 77 heavy (non-hydrogen) atoms. The number of hydrogen-bond acceptors (Lipinski definition) is 6. The van der Waals surface area contributed by atoms with E-state index < -0.39 is 20.0 Å². The van der Waals surface area contributed by atoms with Crippen LogP contribution in [0.1, 0.15) is 303 Å². The second-order valence-corrected chi connectivity index (χ2v) is 24.8. The number of unbranched alkanes of at least 4 members (excludes halogenated alkanes) is 36. The average molecular weight is 1100 g/mol. The van der Waals surface area contributed by atoms with Crippen molar-refractivity contribution < 1.29 is 37.3 Å². The van der Waals surface area contributed by atoms with E-state index in [1.165, 1.54) is 186 Å². The van der Waals surface area contributed by atoms with Crippen molar-refractivity contribution in [3.05, 3.63) is 60.8 Å². The number of quaternary nitrogens is 1. The van der Waals surface area contributed by atoms with Crippen molar-refractivity contribution >= 4 is 19.7 Å². The maximum atomic E-state index is 13.6. The first-order valence-corrected chi connectivity index (χ1v) is 34.1. The van der Waals surface area contributed by atoms with Gasteiger partial charge >= 0.3 is 13.8 Å². The Morgan fingerprint density at radius 1 is 0.468 bits per heavy atom. The fourth-order valence-corrected chi connectivity index (χ4v) is 10.1. The maximum absolute atomic E-state index is 13.6. The van der Waals surface area contributed by atoms with E-state index in [0.29, 0.717) is 17.4 Å². The third kappa shape index (κ3) is 58.2. The molecule has 2 N–H and O–H groups in total. The van der Waals surface area contributed by atoms with Crippen molar-refractivity contribution in [2.24, 2.45) is 0 Å². The number of carbonyl (C=O) groups excluding carboxylic acids is 2. The lowest BCUT2D eigenvalue weighted by atomic mass is 10.0. The Balaban J connectivity index is 5.18. The van der Waals surface area contributed by atoms with Crippen molar-refractivity contribution in [1.29, 1.82) is 0 Å². The third-order valence-corrected chi connectivity index (χ3v) is 15.4. The molecule has 3 atom stereocenters. The summed E-state index contributed by atoms with van der Waals surface area (Å²) in [7, 11) is 1.49. The normalized spacial score (nSPS) is 14.0. The van der Waals surface area contributed by atoms with Gasteiger partial charge in [-0.3, -0.25) is 18.6 Å². The summed E-state index contributed by atoms with van der Waals surface area (Å²) in [5.74, 6) is -0.511. The fourth-order valence-electron chi connectivity index (χ4n) is 9.37. The van der Waals surface area contributed by atoms with Crippen molar-refractivity contribution in [1.82, 2.24) is 5.32 Å². The summed E-state index contributed by atoms with van der Waals surface area (Å²) < 4.78 is 30.7. The van der Waals surface area contributed by atoms with E-state index in [4.69, 9.17) is 13.8 Å². The van der Waals surface area contributed by atoms with Gasteiger partial charge in [0.1, 0.15) is 19.3 Å². The van der Waals surface area contributed by atoms with Gasteiger partial charge in [-0.25, -0.2) is 4.57 Å². The number of nitrogens with one attached hydrogen (secondary N) is 1. The van der Waals surface area contributed by atoms with E-state index in [9.17, 15) is 19.0 Å². The first kappa shape index (κ1) is 74.7. The van der Waals surface area contributed by atoms with Crippen LogP contribution in [-0.4, -0.2) is 74.3 Å². The largest absolute Gasteiger partial charge is 0.472 e. The molecule has 0 aromatic carbocycles. The number of carbonyl (C=O) groups is 2. The molecule has 0 fully saturated rings. The predicted molar refractivity (Wildman–Crippen MR) is 332 cm³/mol. The molecule has 0 heterocycles. The van der Waals surface area contributed by atoms with E-state index >= 15 is 0 Å². The number of ether oxygens (including phenoxy) is 1. The van der Waals surface area contributed by atoms with Crippen LogP contribution in [0.5, 0.6) is 0 Å². The number of nitrogens with zero attached hydrogens (tertiary/aromatic N) is 1. The molecule has 0 radical (unpaired) electrons.